The molecule has 1 atom stereocenters. The van der Waals surface area contributed by atoms with Gasteiger partial charge in [0.05, 0.1) is 6.10 Å². The number of hydrogen-bond donors (Lipinski definition) is 1. The highest BCUT2D eigenvalue weighted by Crippen LogP contribution is 1.91. The Labute approximate surface area is 105 Å². The van der Waals surface area contributed by atoms with Crippen LogP contribution in [0.25, 0.3) is 0 Å². The standard InChI is InChI=1S/C8H18O.C5H10O3/c1-3-5-7-9-8-6-4-2;1-4(6)3-8-5(2)7/h3-8H2,1-2H3;4,6H,3H2,1-2H3. The van der Waals surface area contributed by atoms with E-state index in [4.69, 9.17) is 9.84 Å². The van der Waals surface area contributed by atoms with Crippen molar-refractivity contribution in [1.82, 2.24) is 0 Å². The highest BCUT2D eigenvalue weighted by Gasteiger charge is 1.96. The normalized spacial score (nSPS) is 11.4. The van der Waals surface area contributed by atoms with E-state index in [-0.39, 0.29) is 12.6 Å². The minimum absolute atomic E-state index is 0.0926. The number of carbonyl (C=O) groups is 1. The fourth-order valence-electron chi connectivity index (χ4n) is 0.833. The number of ether oxygens (including phenoxy) is 2. The van der Waals surface area contributed by atoms with Gasteiger partial charge in [0, 0.05) is 20.1 Å². The van der Waals surface area contributed by atoms with Crippen molar-refractivity contribution in [2.24, 2.45) is 0 Å². The van der Waals surface area contributed by atoms with Gasteiger partial charge in [-0.3, -0.25) is 4.79 Å². The third kappa shape index (κ3) is 25.6. The van der Waals surface area contributed by atoms with Crippen LogP contribution in [0.5, 0.6) is 0 Å². The first-order chi connectivity index (χ1) is 8.04. The molecule has 0 aliphatic heterocycles. The van der Waals surface area contributed by atoms with Crippen molar-refractivity contribution in [3.05, 3.63) is 0 Å². The summed E-state index contributed by atoms with van der Waals surface area (Å²) in [7, 11) is 0. The Morgan fingerprint density at radius 2 is 1.65 bits per heavy atom. The average molecular weight is 248 g/mol. The third-order valence-corrected chi connectivity index (χ3v) is 1.81. The van der Waals surface area contributed by atoms with E-state index in [1.807, 2.05) is 0 Å². The first kappa shape index (κ1) is 18.7. The lowest BCUT2D eigenvalue weighted by molar-refractivity contribution is -0.143. The number of unbranched alkanes of at least 4 members (excludes halogenated alkanes) is 2. The molecule has 1 unspecified atom stereocenters. The van der Waals surface area contributed by atoms with Crippen LogP contribution in [0.15, 0.2) is 0 Å². The van der Waals surface area contributed by atoms with E-state index < -0.39 is 6.10 Å². The molecule has 0 spiro atoms. The molecule has 0 saturated carbocycles. The predicted octanol–water partition coefficient (Wildman–Crippen LogP) is 2.53. The predicted molar refractivity (Wildman–Crippen MR) is 68.9 cm³/mol. The molecule has 0 heterocycles. The Kier molecular flexibility index (Phi) is 17.0. The fraction of sp³-hybridized carbons (Fsp3) is 0.923. The summed E-state index contributed by atoms with van der Waals surface area (Å²) < 4.78 is 9.73. The zero-order valence-corrected chi connectivity index (χ0v) is 11.7. The van der Waals surface area contributed by atoms with Crippen molar-refractivity contribution in [1.29, 1.82) is 0 Å². The van der Waals surface area contributed by atoms with Crippen LogP contribution >= 0.6 is 0 Å². The summed E-state index contributed by atoms with van der Waals surface area (Å²) in [6.45, 7) is 9.24. The van der Waals surface area contributed by atoms with Crippen molar-refractivity contribution in [3.8, 4) is 0 Å². The molecular formula is C13H28O4. The summed E-state index contributed by atoms with van der Waals surface area (Å²) >= 11 is 0. The first-order valence-electron chi connectivity index (χ1n) is 6.43. The summed E-state index contributed by atoms with van der Waals surface area (Å²) in [4.78, 5) is 10.0. The number of aliphatic hydroxyl groups is 1. The molecule has 0 aromatic heterocycles. The zero-order valence-electron chi connectivity index (χ0n) is 11.7. The Hall–Kier alpha value is -0.610. The van der Waals surface area contributed by atoms with Gasteiger partial charge < -0.3 is 14.6 Å². The Morgan fingerprint density at radius 3 is 1.88 bits per heavy atom. The van der Waals surface area contributed by atoms with Gasteiger partial charge in [0.15, 0.2) is 0 Å². The summed E-state index contributed by atoms with van der Waals surface area (Å²) in [6, 6.07) is 0. The third-order valence-electron chi connectivity index (χ3n) is 1.81. The van der Waals surface area contributed by atoms with E-state index in [2.05, 4.69) is 18.6 Å². The topological polar surface area (TPSA) is 55.8 Å². The van der Waals surface area contributed by atoms with Crippen LogP contribution < -0.4 is 0 Å². The maximum atomic E-state index is 10.0. The van der Waals surface area contributed by atoms with E-state index in [0.717, 1.165) is 13.2 Å². The average Bonchev–Trinajstić information content (AvgIpc) is 2.27. The van der Waals surface area contributed by atoms with E-state index in [1.54, 1.807) is 6.92 Å². The van der Waals surface area contributed by atoms with Crippen LogP contribution in [-0.2, 0) is 14.3 Å². The Balaban J connectivity index is 0. The molecule has 4 heteroatoms. The second kappa shape index (κ2) is 15.4. The van der Waals surface area contributed by atoms with Crippen molar-refractivity contribution in [2.45, 2.75) is 59.5 Å². The maximum Gasteiger partial charge on any atom is 0.302 e. The van der Waals surface area contributed by atoms with Crippen LogP contribution in [0, 0.1) is 0 Å². The molecular weight excluding hydrogens is 220 g/mol. The highest BCUT2D eigenvalue weighted by molar-refractivity contribution is 5.65. The maximum absolute atomic E-state index is 10.0. The Bertz CT molecular complexity index is 151. The summed E-state index contributed by atoms with van der Waals surface area (Å²) in [6.07, 6.45) is 4.35. The van der Waals surface area contributed by atoms with Crippen LogP contribution in [0.4, 0.5) is 0 Å². The van der Waals surface area contributed by atoms with Gasteiger partial charge in [-0.2, -0.15) is 0 Å². The SMILES string of the molecule is CC(=O)OCC(C)O.CCCCOCCCC. The zero-order chi connectivity index (χ0) is 13.5. The van der Waals surface area contributed by atoms with Gasteiger partial charge in [-0.05, 0) is 19.8 Å². The van der Waals surface area contributed by atoms with E-state index in [9.17, 15) is 4.79 Å². The summed E-state index contributed by atoms with van der Waals surface area (Å²) in [5, 5.41) is 8.52. The summed E-state index contributed by atoms with van der Waals surface area (Å²) in [5.41, 5.74) is 0. The van der Waals surface area contributed by atoms with Crippen LogP contribution in [0.1, 0.15) is 53.4 Å². The quantitative estimate of drug-likeness (QED) is 0.530. The van der Waals surface area contributed by atoms with Crippen LogP contribution in [0.3, 0.4) is 0 Å². The molecule has 0 amide bonds. The second-order valence-electron chi connectivity index (χ2n) is 3.97. The van der Waals surface area contributed by atoms with E-state index in [1.165, 1.54) is 32.6 Å². The van der Waals surface area contributed by atoms with Gasteiger partial charge in [-0.15, -0.1) is 0 Å². The molecule has 0 aromatic rings. The summed E-state index contributed by atoms with van der Waals surface area (Å²) in [5.74, 6) is -0.356. The lowest BCUT2D eigenvalue weighted by atomic mass is 10.3. The molecule has 0 radical (unpaired) electrons. The highest BCUT2D eigenvalue weighted by atomic mass is 16.5. The molecule has 0 fully saturated rings. The van der Waals surface area contributed by atoms with Crippen molar-refractivity contribution in [3.63, 3.8) is 0 Å². The molecule has 0 rings (SSSR count). The molecule has 17 heavy (non-hydrogen) atoms. The van der Waals surface area contributed by atoms with Gasteiger partial charge in [-0.1, -0.05) is 26.7 Å². The largest absolute Gasteiger partial charge is 0.463 e. The smallest absolute Gasteiger partial charge is 0.302 e. The van der Waals surface area contributed by atoms with Gasteiger partial charge in [0.2, 0.25) is 0 Å². The van der Waals surface area contributed by atoms with Gasteiger partial charge in [0.1, 0.15) is 6.61 Å². The lowest BCUT2D eigenvalue weighted by Gasteiger charge is -2.01. The van der Waals surface area contributed by atoms with E-state index in [0.29, 0.717) is 0 Å². The molecule has 0 saturated heterocycles. The minimum atomic E-state index is -0.557. The van der Waals surface area contributed by atoms with Crippen LogP contribution in [-0.4, -0.2) is 37.0 Å². The molecule has 1 N–H and O–H groups in total. The molecule has 104 valence electrons. The van der Waals surface area contributed by atoms with Crippen molar-refractivity contribution in [2.75, 3.05) is 19.8 Å². The van der Waals surface area contributed by atoms with Gasteiger partial charge >= 0.3 is 5.97 Å². The second-order valence-corrected chi connectivity index (χ2v) is 3.97. The molecule has 0 bridgehead atoms. The molecule has 0 aliphatic rings. The lowest BCUT2D eigenvalue weighted by Crippen LogP contribution is -2.12. The van der Waals surface area contributed by atoms with Crippen molar-refractivity contribution < 1.29 is 19.4 Å². The monoisotopic (exact) mass is 248 g/mol. The van der Waals surface area contributed by atoms with E-state index >= 15 is 0 Å². The molecule has 0 aliphatic carbocycles. The number of aliphatic hydroxyl groups excluding tert-OH is 1. The number of carbonyl (C=O) groups excluding carboxylic acids is 1. The number of rotatable bonds is 8. The number of esters is 1. The first-order valence-corrected chi connectivity index (χ1v) is 6.43. The molecule has 0 aromatic carbocycles. The van der Waals surface area contributed by atoms with Gasteiger partial charge in [-0.25, -0.2) is 0 Å². The van der Waals surface area contributed by atoms with Crippen molar-refractivity contribution >= 4 is 5.97 Å². The minimum Gasteiger partial charge on any atom is -0.463 e. The number of hydrogen-bond acceptors (Lipinski definition) is 4. The Morgan fingerprint density at radius 1 is 1.18 bits per heavy atom. The van der Waals surface area contributed by atoms with Crippen LogP contribution in [0.2, 0.25) is 0 Å². The fourth-order valence-corrected chi connectivity index (χ4v) is 0.833. The molecule has 4 nitrogen and oxygen atoms in total. The van der Waals surface area contributed by atoms with Gasteiger partial charge in [0.25, 0.3) is 0 Å².